The molecule has 2 aromatic rings. The van der Waals surface area contributed by atoms with Gasteiger partial charge in [0.25, 0.3) is 5.79 Å². The predicted molar refractivity (Wildman–Crippen MR) is 79.8 cm³/mol. The van der Waals surface area contributed by atoms with Crippen molar-refractivity contribution in [1.29, 1.82) is 0 Å². The van der Waals surface area contributed by atoms with Crippen molar-refractivity contribution in [3.63, 3.8) is 0 Å². The van der Waals surface area contributed by atoms with Crippen molar-refractivity contribution < 1.29 is 9.47 Å². The summed E-state index contributed by atoms with van der Waals surface area (Å²) in [4.78, 5) is 0. The smallest absolute Gasteiger partial charge is 0.257 e. The molecule has 2 aromatic carbocycles. The van der Waals surface area contributed by atoms with Gasteiger partial charge in [-0.15, -0.1) is 0 Å². The van der Waals surface area contributed by atoms with Gasteiger partial charge in [0.2, 0.25) is 0 Å². The lowest BCUT2D eigenvalue weighted by atomic mass is 10.0. The highest BCUT2D eigenvalue weighted by atomic mass is 16.7. The van der Waals surface area contributed by atoms with Crippen molar-refractivity contribution in [3.8, 4) is 0 Å². The van der Waals surface area contributed by atoms with Crippen LogP contribution in [0.15, 0.2) is 79.1 Å². The Balaban J connectivity index is 1.96. The van der Waals surface area contributed by atoms with Crippen LogP contribution in [0.2, 0.25) is 0 Å². The second-order valence-corrected chi connectivity index (χ2v) is 4.71. The van der Waals surface area contributed by atoms with E-state index in [-0.39, 0.29) is 0 Å². The van der Waals surface area contributed by atoms with Gasteiger partial charge in [-0.05, 0) is 11.6 Å². The van der Waals surface area contributed by atoms with Crippen LogP contribution in [-0.2, 0) is 15.3 Å². The Hall–Kier alpha value is -2.32. The van der Waals surface area contributed by atoms with Crippen LogP contribution in [0.4, 0.5) is 0 Å². The summed E-state index contributed by atoms with van der Waals surface area (Å²) >= 11 is 0. The van der Waals surface area contributed by atoms with E-state index in [1.807, 2.05) is 72.8 Å². The Morgan fingerprint density at radius 2 is 1.60 bits per heavy atom. The van der Waals surface area contributed by atoms with Crippen LogP contribution < -0.4 is 0 Å². The first-order valence-corrected chi connectivity index (χ1v) is 6.59. The molecule has 1 unspecified atom stereocenters. The fourth-order valence-electron chi connectivity index (χ4n) is 2.22. The summed E-state index contributed by atoms with van der Waals surface area (Å²) < 4.78 is 11.7. The molecule has 0 radical (unpaired) electrons. The molecule has 100 valence electrons. The van der Waals surface area contributed by atoms with Gasteiger partial charge in [-0.25, -0.2) is 0 Å². The molecule has 0 bridgehead atoms. The monoisotopic (exact) mass is 264 g/mol. The van der Waals surface area contributed by atoms with E-state index in [4.69, 9.17) is 9.47 Å². The minimum absolute atomic E-state index is 0.411. The predicted octanol–water partition coefficient (Wildman–Crippen LogP) is 4.11. The molecule has 0 saturated carbocycles. The standard InChI is InChI=1S/C18H16O2/c1-15-14-19-18(20-15,17-10-6-3-7-11-17)13-12-16-8-4-2-5-9-16/h2-13H,1,14H2/b13-12+. The van der Waals surface area contributed by atoms with Crippen LogP contribution >= 0.6 is 0 Å². The van der Waals surface area contributed by atoms with E-state index in [1.165, 1.54) is 0 Å². The molecule has 0 amide bonds. The lowest BCUT2D eigenvalue weighted by molar-refractivity contribution is -0.113. The largest absolute Gasteiger partial charge is 0.457 e. The van der Waals surface area contributed by atoms with E-state index in [0.717, 1.165) is 11.1 Å². The highest BCUT2D eigenvalue weighted by Crippen LogP contribution is 2.37. The van der Waals surface area contributed by atoms with Crippen molar-refractivity contribution in [1.82, 2.24) is 0 Å². The minimum Gasteiger partial charge on any atom is -0.457 e. The Morgan fingerprint density at radius 1 is 0.950 bits per heavy atom. The molecule has 0 spiro atoms. The quantitative estimate of drug-likeness (QED) is 0.830. The third kappa shape index (κ3) is 2.51. The second-order valence-electron chi connectivity index (χ2n) is 4.71. The van der Waals surface area contributed by atoms with Crippen LogP contribution in [0.1, 0.15) is 11.1 Å². The highest BCUT2D eigenvalue weighted by molar-refractivity contribution is 5.51. The van der Waals surface area contributed by atoms with E-state index >= 15 is 0 Å². The summed E-state index contributed by atoms with van der Waals surface area (Å²) in [5, 5.41) is 0. The third-order valence-electron chi connectivity index (χ3n) is 3.21. The number of hydrogen-bond donors (Lipinski definition) is 0. The van der Waals surface area contributed by atoms with Crippen LogP contribution in [0.25, 0.3) is 6.08 Å². The van der Waals surface area contributed by atoms with Gasteiger partial charge in [-0.2, -0.15) is 0 Å². The van der Waals surface area contributed by atoms with Gasteiger partial charge in [-0.3, -0.25) is 0 Å². The molecule has 1 atom stereocenters. The second kappa shape index (κ2) is 5.35. The van der Waals surface area contributed by atoms with Crippen molar-refractivity contribution in [2.75, 3.05) is 6.61 Å². The maximum Gasteiger partial charge on any atom is 0.257 e. The summed E-state index contributed by atoms with van der Waals surface area (Å²) in [7, 11) is 0. The molecular weight excluding hydrogens is 248 g/mol. The zero-order valence-corrected chi connectivity index (χ0v) is 11.2. The molecule has 1 aliphatic heterocycles. The highest BCUT2D eigenvalue weighted by Gasteiger charge is 2.38. The average molecular weight is 264 g/mol. The average Bonchev–Trinajstić information content (AvgIpc) is 2.90. The summed E-state index contributed by atoms with van der Waals surface area (Å²) in [6, 6.07) is 20.0. The van der Waals surface area contributed by atoms with Crippen LogP contribution in [-0.4, -0.2) is 6.61 Å². The first-order valence-electron chi connectivity index (χ1n) is 6.59. The van der Waals surface area contributed by atoms with E-state index in [2.05, 4.69) is 6.58 Å². The molecule has 1 fully saturated rings. The van der Waals surface area contributed by atoms with Gasteiger partial charge in [-0.1, -0.05) is 73.3 Å². The summed E-state index contributed by atoms with van der Waals surface area (Å²) in [5.41, 5.74) is 2.07. The third-order valence-corrected chi connectivity index (χ3v) is 3.21. The van der Waals surface area contributed by atoms with E-state index < -0.39 is 5.79 Å². The summed E-state index contributed by atoms with van der Waals surface area (Å²) in [6.07, 6.45) is 3.95. The first-order chi connectivity index (χ1) is 9.78. The number of ether oxygens (including phenoxy) is 2. The van der Waals surface area contributed by atoms with Crippen molar-refractivity contribution in [2.24, 2.45) is 0 Å². The lowest BCUT2D eigenvalue weighted by Crippen LogP contribution is -2.23. The number of rotatable bonds is 3. The SMILES string of the molecule is C=C1COC(/C=C/c2ccccc2)(c2ccccc2)O1. The van der Waals surface area contributed by atoms with Gasteiger partial charge in [0.05, 0.1) is 0 Å². The van der Waals surface area contributed by atoms with E-state index in [9.17, 15) is 0 Å². The van der Waals surface area contributed by atoms with Crippen molar-refractivity contribution in [3.05, 3.63) is 90.2 Å². The van der Waals surface area contributed by atoms with Crippen molar-refractivity contribution in [2.45, 2.75) is 5.79 Å². The molecular formula is C18H16O2. The van der Waals surface area contributed by atoms with Crippen LogP contribution in [0, 0.1) is 0 Å². The number of hydrogen-bond acceptors (Lipinski definition) is 2. The topological polar surface area (TPSA) is 18.5 Å². The maximum atomic E-state index is 5.85. The van der Waals surface area contributed by atoms with Gasteiger partial charge in [0.1, 0.15) is 12.4 Å². The molecule has 0 aromatic heterocycles. The Labute approximate surface area is 119 Å². The molecule has 1 heterocycles. The van der Waals surface area contributed by atoms with E-state index in [0.29, 0.717) is 12.4 Å². The minimum atomic E-state index is -0.867. The van der Waals surface area contributed by atoms with Gasteiger partial charge >= 0.3 is 0 Å². The lowest BCUT2D eigenvalue weighted by Gasteiger charge is -2.24. The Morgan fingerprint density at radius 3 is 2.20 bits per heavy atom. The van der Waals surface area contributed by atoms with Crippen LogP contribution in [0.3, 0.4) is 0 Å². The maximum absolute atomic E-state index is 5.85. The Kier molecular flexibility index (Phi) is 3.40. The Bertz CT molecular complexity index is 616. The fraction of sp³-hybridized carbons (Fsp3) is 0.111. The summed E-state index contributed by atoms with van der Waals surface area (Å²) in [5.74, 6) is -0.222. The first kappa shape index (κ1) is 12.7. The van der Waals surface area contributed by atoms with Gasteiger partial charge < -0.3 is 9.47 Å². The zero-order valence-electron chi connectivity index (χ0n) is 11.2. The molecule has 3 rings (SSSR count). The van der Waals surface area contributed by atoms with Gasteiger partial charge in [0.15, 0.2) is 0 Å². The molecule has 2 heteroatoms. The molecule has 0 aliphatic carbocycles. The van der Waals surface area contributed by atoms with Crippen molar-refractivity contribution >= 4 is 6.08 Å². The van der Waals surface area contributed by atoms with Gasteiger partial charge in [0, 0.05) is 5.56 Å². The normalized spacial score (nSPS) is 22.1. The van der Waals surface area contributed by atoms with E-state index in [1.54, 1.807) is 0 Å². The van der Waals surface area contributed by atoms with Crippen LogP contribution in [0.5, 0.6) is 0 Å². The molecule has 1 saturated heterocycles. The summed E-state index contributed by atoms with van der Waals surface area (Å²) in [6.45, 7) is 4.26. The molecule has 1 aliphatic rings. The fourth-order valence-corrected chi connectivity index (χ4v) is 2.22. The number of benzene rings is 2. The molecule has 2 nitrogen and oxygen atoms in total. The molecule has 20 heavy (non-hydrogen) atoms. The zero-order chi connectivity index (χ0) is 13.8. The molecule has 0 N–H and O–H groups in total.